The number of piperidine rings is 1. The van der Waals surface area contributed by atoms with Crippen molar-refractivity contribution in [3.8, 4) is 0 Å². The third kappa shape index (κ3) is 5.60. The summed E-state index contributed by atoms with van der Waals surface area (Å²) in [5.41, 5.74) is 1.47. The number of nitrogens with one attached hydrogen (secondary N) is 2. The van der Waals surface area contributed by atoms with Gasteiger partial charge in [0.05, 0.1) is 10.9 Å². The average molecular weight is 430 g/mol. The van der Waals surface area contributed by atoms with Gasteiger partial charge in [-0.2, -0.15) is 0 Å². The van der Waals surface area contributed by atoms with Crippen LogP contribution >= 0.6 is 0 Å². The van der Waals surface area contributed by atoms with E-state index in [0.717, 1.165) is 5.56 Å². The molecule has 0 bridgehead atoms. The predicted molar refractivity (Wildman–Crippen MR) is 115 cm³/mol. The maximum atomic E-state index is 12.6. The highest BCUT2D eigenvalue weighted by Crippen LogP contribution is 2.18. The first kappa shape index (κ1) is 21.8. The Morgan fingerprint density at radius 1 is 1.00 bits per heavy atom. The number of benzene rings is 2. The van der Waals surface area contributed by atoms with Crippen molar-refractivity contribution in [1.29, 1.82) is 0 Å². The second-order valence-electron chi connectivity index (χ2n) is 7.61. The molecule has 1 fully saturated rings. The first-order valence-corrected chi connectivity index (χ1v) is 11.8. The molecule has 0 aliphatic carbocycles. The number of nitrogens with zero attached hydrogens (tertiary/aromatic N) is 1. The Kier molecular flexibility index (Phi) is 6.77. The molecule has 8 heteroatoms. The zero-order valence-electron chi connectivity index (χ0n) is 17.2. The Bertz CT molecular complexity index is 983. The van der Waals surface area contributed by atoms with Crippen molar-refractivity contribution in [2.45, 2.75) is 36.7 Å². The molecule has 30 heavy (non-hydrogen) atoms. The van der Waals surface area contributed by atoms with E-state index in [2.05, 4.69) is 10.6 Å². The van der Waals surface area contributed by atoms with E-state index >= 15 is 0 Å². The van der Waals surface area contributed by atoms with Crippen molar-refractivity contribution >= 4 is 21.8 Å². The molecular formula is C22H27N3O4S. The molecule has 2 aromatic carbocycles. The number of rotatable bonds is 5. The van der Waals surface area contributed by atoms with E-state index in [0.29, 0.717) is 31.5 Å². The van der Waals surface area contributed by atoms with Crippen molar-refractivity contribution in [1.82, 2.24) is 15.5 Å². The molecule has 2 aromatic rings. The summed E-state index contributed by atoms with van der Waals surface area (Å²) in [6.07, 6.45) is 2.56. The summed E-state index contributed by atoms with van der Waals surface area (Å²) in [4.78, 5) is 26.9. The average Bonchev–Trinajstić information content (AvgIpc) is 2.74. The van der Waals surface area contributed by atoms with Crippen molar-refractivity contribution in [2.75, 3.05) is 19.3 Å². The van der Waals surface area contributed by atoms with Crippen LogP contribution in [0.2, 0.25) is 0 Å². The van der Waals surface area contributed by atoms with Gasteiger partial charge in [-0.15, -0.1) is 0 Å². The first-order valence-electron chi connectivity index (χ1n) is 9.95. The molecule has 0 saturated carbocycles. The lowest BCUT2D eigenvalue weighted by atomic mass is 10.0. The lowest BCUT2D eigenvalue weighted by Crippen LogP contribution is -2.49. The number of hydrogen-bond acceptors (Lipinski definition) is 4. The highest BCUT2D eigenvalue weighted by molar-refractivity contribution is 7.90. The van der Waals surface area contributed by atoms with Crippen molar-refractivity contribution in [2.24, 2.45) is 0 Å². The van der Waals surface area contributed by atoms with Gasteiger partial charge in [0.25, 0.3) is 5.91 Å². The van der Waals surface area contributed by atoms with Crippen LogP contribution in [-0.2, 0) is 9.84 Å². The number of hydrogen-bond donors (Lipinski definition) is 2. The van der Waals surface area contributed by atoms with Gasteiger partial charge < -0.3 is 15.5 Å². The van der Waals surface area contributed by atoms with E-state index < -0.39 is 9.84 Å². The molecule has 1 saturated heterocycles. The van der Waals surface area contributed by atoms with Gasteiger partial charge in [-0.3, -0.25) is 4.79 Å². The van der Waals surface area contributed by atoms with Gasteiger partial charge in [0.15, 0.2) is 9.84 Å². The lowest BCUT2D eigenvalue weighted by molar-refractivity contribution is 0.0917. The molecule has 0 aromatic heterocycles. The van der Waals surface area contributed by atoms with Crippen LogP contribution in [0.15, 0.2) is 59.5 Å². The van der Waals surface area contributed by atoms with Gasteiger partial charge in [0.2, 0.25) is 0 Å². The first-order chi connectivity index (χ1) is 14.2. The number of amides is 3. The summed E-state index contributed by atoms with van der Waals surface area (Å²) in [6, 6.07) is 15.3. The van der Waals surface area contributed by atoms with Gasteiger partial charge in [0, 0.05) is 31.0 Å². The molecule has 3 amide bonds. The summed E-state index contributed by atoms with van der Waals surface area (Å²) in [5.74, 6) is -0.0929. The molecule has 1 atom stereocenters. The summed E-state index contributed by atoms with van der Waals surface area (Å²) in [5, 5.41) is 5.99. The van der Waals surface area contributed by atoms with E-state index in [4.69, 9.17) is 0 Å². The van der Waals surface area contributed by atoms with Gasteiger partial charge >= 0.3 is 6.03 Å². The highest BCUT2D eigenvalue weighted by Gasteiger charge is 2.25. The Hall–Kier alpha value is -2.87. The number of likely N-dealkylation sites (tertiary alicyclic amines) is 1. The van der Waals surface area contributed by atoms with Crippen LogP contribution in [0.3, 0.4) is 0 Å². The summed E-state index contributed by atoms with van der Waals surface area (Å²) < 4.78 is 23.1. The largest absolute Gasteiger partial charge is 0.349 e. The van der Waals surface area contributed by atoms with E-state index in [9.17, 15) is 18.0 Å². The smallest absolute Gasteiger partial charge is 0.317 e. The summed E-state index contributed by atoms with van der Waals surface area (Å²) in [7, 11) is -3.24. The summed E-state index contributed by atoms with van der Waals surface area (Å²) >= 11 is 0. The Morgan fingerprint density at radius 3 is 2.17 bits per heavy atom. The van der Waals surface area contributed by atoms with Crippen LogP contribution in [0.4, 0.5) is 4.79 Å². The van der Waals surface area contributed by atoms with E-state index in [1.807, 2.05) is 25.1 Å². The van der Waals surface area contributed by atoms with Gasteiger partial charge in [-0.05, 0) is 49.6 Å². The van der Waals surface area contributed by atoms with Crippen LogP contribution in [0.1, 0.15) is 41.7 Å². The highest BCUT2D eigenvalue weighted by atomic mass is 32.2. The number of sulfone groups is 1. The monoisotopic (exact) mass is 429 g/mol. The molecule has 1 aliphatic rings. The van der Waals surface area contributed by atoms with E-state index in [1.54, 1.807) is 41.3 Å². The third-order valence-electron chi connectivity index (χ3n) is 5.30. The third-order valence-corrected chi connectivity index (χ3v) is 6.43. The second kappa shape index (κ2) is 9.30. The maximum absolute atomic E-state index is 12.6. The molecule has 160 valence electrons. The lowest BCUT2D eigenvalue weighted by Gasteiger charge is -2.33. The van der Waals surface area contributed by atoms with Crippen molar-refractivity contribution in [3.63, 3.8) is 0 Å². The van der Waals surface area contributed by atoms with Crippen molar-refractivity contribution in [3.05, 3.63) is 65.7 Å². The maximum Gasteiger partial charge on any atom is 0.317 e. The van der Waals surface area contributed by atoms with Gasteiger partial charge in [-0.1, -0.05) is 30.3 Å². The topological polar surface area (TPSA) is 95.6 Å². The number of carbonyl (C=O) groups excluding carboxylic acids is 2. The van der Waals surface area contributed by atoms with Crippen LogP contribution < -0.4 is 10.6 Å². The Balaban J connectivity index is 1.48. The van der Waals surface area contributed by atoms with Crippen LogP contribution in [0, 0.1) is 0 Å². The van der Waals surface area contributed by atoms with Crippen LogP contribution in [-0.4, -0.2) is 50.6 Å². The fraction of sp³-hybridized carbons (Fsp3) is 0.364. The zero-order chi connectivity index (χ0) is 21.7. The van der Waals surface area contributed by atoms with Gasteiger partial charge in [-0.25, -0.2) is 13.2 Å². The minimum absolute atomic E-state index is 0.0442. The zero-order valence-corrected chi connectivity index (χ0v) is 18.0. The van der Waals surface area contributed by atoms with Crippen LogP contribution in [0.25, 0.3) is 0 Å². The van der Waals surface area contributed by atoms with Crippen molar-refractivity contribution < 1.29 is 18.0 Å². The predicted octanol–water partition coefficient (Wildman–Crippen LogP) is 2.76. The van der Waals surface area contributed by atoms with E-state index in [1.165, 1.54) is 6.26 Å². The quantitative estimate of drug-likeness (QED) is 0.764. The number of carbonyl (C=O) groups is 2. The normalized spacial score (nSPS) is 16.0. The Morgan fingerprint density at radius 2 is 1.60 bits per heavy atom. The minimum atomic E-state index is -3.24. The fourth-order valence-electron chi connectivity index (χ4n) is 3.45. The molecule has 7 nitrogen and oxygen atoms in total. The molecule has 0 spiro atoms. The second-order valence-corrected chi connectivity index (χ2v) is 9.63. The van der Waals surface area contributed by atoms with E-state index in [-0.39, 0.29) is 28.9 Å². The minimum Gasteiger partial charge on any atom is -0.349 e. The molecule has 0 radical (unpaired) electrons. The molecule has 1 aliphatic heterocycles. The standard InChI is InChI=1S/C22H27N3O4S/c1-16(17-8-10-20(11-9-17)30(2,28)29)23-22(27)25-14-12-19(13-15-25)24-21(26)18-6-4-3-5-7-18/h3-11,16,19H,12-15H2,1-2H3,(H,23,27)(H,24,26)/t16-/m0/s1. The summed E-state index contributed by atoms with van der Waals surface area (Å²) in [6.45, 7) is 2.98. The van der Waals surface area contributed by atoms with Gasteiger partial charge in [0.1, 0.15) is 0 Å². The Labute approximate surface area is 177 Å². The fourth-order valence-corrected chi connectivity index (χ4v) is 4.08. The molecule has 1 heterocycles. The SMILES string of the molecule is C[C@H](NC(=O)N1CCC(NC(=O)c2ccccc2)CC1)c1ccc(S(C)(=O)=O)cc1. The molecule has 3 rings (SSSR count). The molecular weight excluding hydrogens is 402 g/mol. The molecule has 0 unspecified atom stereocenters. The number of urea groups is 1. The molecule has 2 N–H and O–H groups in total. The van der Waals surface area contributed by atoms with Crippen LogP contribution in [0.5, 0.6) is 0 Å².